The molecule has 0 atom stereocenters. The van der Waals surface area contributed by atoms with E-state index in [0.29, 0.717) is 18.8 Å². The van der Waals surface area contributed by atoms with Gasteiger partial charge in [0, 0.05) is 19.2 Å². The molecule has 0 saturated carbocycles. The van der Waals surface area contributed by atoms with Gasteiger partial charge >= 0.3 is 0 Å². The Morgan fingerprint density at radius 2 is 2.23 bits per heavy atom. The molecule has 1 aliphatic rings. The van der Waals surface area contributed by atoms with Gasteiger partial charge < -0.3 is 14.6 Å². The van der Waals surface area contributed by atoms with E-state index in [-0.39, 0.29) is 17.4 Å². The van der Waals surface area contributed by atoms with Crippen molar-refractivity contribution in [2.45, 2.75) is 0 Å². The van der Waals surface area contributed by atoms with Gasteiger partial charge in [-0.05, 0) is 38.0 Å². The fourth-order valence-electron chi connectivity index (χ4n) is 1.76. The van der Waals surface area contributed by atoms with Crippen LogP contribution in [-0.4, -0.2) is 60.6 Å². The number of nitrogens with zero attached hydrogens (tertiary/aromatic N) is 2. The molecule has 1 fully saturated rings. The van der Waals surface area contributed by atoms with Crippen LogP contribution in [0.1, 0.15) is 5.76 Å². The minimum absolute atomic E-state index is 0.251. The van der Waals surface area contributed by atoms with E-state index >= 15 is 0 Å². The molecule has 3 amide bonds. The molecular formula is C14H17N3O4S. The van der Waals surface area contributed by atoms with Crippen LogP contribution in [0.25, 0.3) is 6.08 Å². The molecule has 1 saturated heterocycles. The molecule has 0 aliphatic carbocycles. The first kappa shape index (κ1) is 16.3. The Labute approximate surface area is 132 Å². The van der Waals surface area contributed by atoms with Gasteiger partial charge in [-0.2, -0.15) is 0 Å². The van der Waals surface area contributed by atoms with E-state index in [1.807, 2.05) is 19.0 Å². The average molecular weight is 323 g/mol. The fraction of sp³-hybridized carbons (Fsp3) is 0.357. The maximum absolute atomic E-state index is 12.1. The van der Waals surface area contributed by atoms with Crippen molar-refractivity contribution in [3.05, 3.63) is 29.1 Å². The summed E-state index contributed by atoms with van der Waals surface area (Å²) >= 11 is 0.801. The minimum atomic E-state index is -0.478. The van der Waals surface area contributed by atoms with E-state index in [1.54, 1.807) is 12.1 Å². The van der Waals surface area contributed by atoms with Gasteiger partial charge in [0.2, 0.25) is 5.91 Å². The summed E-state index contributed by atoms with van der Waals surface area (Å²) in [7, 11) is 3.78. The largest absolute Gasteiger partial charge is 0.465 e. The number of rotatable bonds is 6. The molecular weight excluding hydrogens is 306 g/mol. The van der Waals surface area contributed by atoms with Crippen LogP contribution in [0.3, 0.4) is 0 Å². The number of carbonyl (C=O) groups excluding carboxylic acids is 3. The van der Waals surface area contributed by atoms with Crippen LogP contribution in [0, 0.1) is 0 Å². The van der Waals surface area contributed by atoms with Crippen molar-refractivity contribution >= 4 is 34.9 Å². The van der Waals surface area contributed by atoms with E-state index in [9.17, 15) is 14.4 Å². The highest BCUT2D eigenvalue weighted by Gasteiger charge is 2.36. The maximum atomic E-state index is 12.1. The van der Waals surface area contributed by atoms with Gasteiger partial charge in [-0.15, -0.1) is 0 Å². The lowest BCUT2D eigenvalue weighted by Crippen LogP contribution is -2.41. The van der Waals surface area contributed by atoms with Crippen LogP contribution in [0.5, 0.6) is 0 Å². The second-order valence-corrected chi connectivity index (χ2v) is 5.93. The molecule has 1 N–H and O–H groups in total. The number of amides is 3. The first-order valence-corrected chi connectivity index (χ1v) is 7.49. The van der Waals surface area contributed by atoms with E-state index in [4.69, 9.17) is 4.42 Å². The molecule has 0 bridgehead atoms. The molecule has 1 aromatic rings. The van der Waals surface area contributed by atoms with Crippen molar-refractivity contribution in [3.8, 4) is 0 Å². The summed E-state index contributed by atoms with van der Waals surface area (Å²) in [5.74, 6) is -0.349. The Balaban J connectivity index is 1.93. The molecule has 2 rings (SSSR count). The molecule has 8 heteroatoms. The van der Waals surface area contributed by atoms with Gasteiger partial charge in [-0.25, -0.2) is 0 Å². The third-order valence-electron chi connectivity index (χ3n) is 2.87. The smallest absolute Gasteiger partial charge is 0.294 e. The standard InChI is InChI=1S/C14H17N3O4S/c1-16(2)6-5-15-12(18)9-17-13(19)11(22-14(17)20)8-10-4-3-7-21-10/h3-4,7-8H,5-6,9H2,1-2H3,(H,15,18)/b11-8-. The van der Waals surface area contributed by atoms with Crippen molar-refractivity contribution in [3.63, 3.8) is 0 Å². The van der Waals surface area contributed by atoms with E-state index < -0.39 is 11.1 Å². The van der Waals surface area contributed by atoms with Crippen LogP contribution < -0.4 is 5.32 Å². The zero-order chi connectivity index (χ0) is 16.1. The Kier molecular flexibility index (Phi) is 5.40. The first-order chi connectivity index (χ1) is 10.5. The summed E-state index contributed by atoms with van der Waals surface area (Å²) in [6, 6.07) is 3.37. The van der Waals surface area contributed by atoms with Gasteiger partial charge in [0.25, 0.3) is 11.1 Å². The quantitative estimate of drug-likeness (QED) is 0.786. The second kappa shape index (κ2) is 7.28. The fourth-order valence-corrected chi connectivity index (χ4v) is 2.58. The van der Waals surface area contributed by atoms with Crippen molar-refractivity contribution in [2.75, 3.05) is 33.7 Å². The molecule has 1 aliphatic heterocycles. The van der Waals surface area contributed by atoms with Crippen LogP contribution in [0.2, 0.25) is 0 Å². The number of nitrogens with one attached hydrogen (secondary N) is 1. The number of hydrogen-bond donors (Lipinski definition) is 1. The lowest BCUT2D eigenvalue weighted by atomic mass is 10.3. The van der Waals surface area contributed by atoms with E-state index in [0.717, 1.165) is 16.7 Å². The van der Waals surface area contributed by atoms with Crippen LogP contribution in [0.4, 0.5) is 4.79 Å². The third kappa shape index (κ3) is 4.22. The zero-order valence-corrected chi connectivity index (χ0v) is 13.2. The van der Waals surface area contributed by atoms with Gasteiger partial charge in [-0.3, -0.25) is 19.3 Å². The lowest BCUT2D eigenvalue weighted by Gasteiger charge is -2.14. The van der Waals surface area contributed by atoms with Gasteiger partial charge in [0.1, 0.15) is 12.3 Å². The van der Waals surface area contributed by atoms with Gasteiger partial charge in [0.05, 0.1) is 11.2 Å². The highest BCUT2D eigenvalue weighted by atomic mass is 32.2. The SMILES string of the molecule is CN(C)CCNC(=O)CN1C(=O)S/C(=C\c2ccco2)C1=O. The van der Waals surface area contributed by atoms with Crippen molar-refractivity contribution < 1.29 is 18.8 Å². The predicted molar refractivity (Wildman–Crippen MR) is 82.9 cm³/mol. The van der Waals surface area contributed by atoms with Crippen LogP contribution >= 0.6 is 11.8 Å². The van der Waals surface area contributed by atoms with Crippen LogP contribution in [-0.2, 0) is 9.59 Å². The van der Waals surface area contributed by atoms with E-state index in [2.05, 4.69) is 5.32 Å². The molecule has 2 heterocycles. The molecule has 22 heavy (non-hydrogen) atoms. The van der Waals surface area contributed by atoms with Gasteiger partial charge in [0.15, 0.2) is 0 Å². The molecule has 0 aromatic carbocycles. The molecule has 7 nitrogen and oxygen atoms in total. The maximum Gasteiger partial charge on any atom is 0.294 e. The molecule has 0 unspecified atom stereocenters. The molecule has 118 valence electrons. The lowest BCUT2D eigenvalue weighted by molar-refractivity contribution is -0.129. The molecule has 0 radical (unpaired) electrons. The highest BCUT2D eigenvalue weighted by molar-refractivity contribution is 8.18. The predicted octanol–water partition coefficient (Wildman–Crippen LogP) is 0.994. The van der Waals surface area contributed by atoms with E-state index in [1.165, 1.54) is 12.3 Å². The van der Waals surface area contributed by atoms with Crippen molar-refractivity contribution in [1.29, 1.82) is 0 Å². The summed E-state index contributed by atoms with van der Waals surface area (Å²) in [6.45, 7) is 0.879. The summed E-state index contributed by atoms with van der Waals surface area (Å²) in [6.07, 6.45) is 2.98. The van der Waals surface area contributed by atoms with Crippen LogP contribution in [0.15, 0.2) is 27.7 Å². The monoisotopic (exact) mass is 323 g/mol. The number of imide groups is 1. The first-order valence-electron chi connectivity index (χ1n) is 6.67. The summed E-state index contributed by atoms with van der Waals surface area (Å²) < 4.78 is 5.12. The van der Waals surface area contributed by atoms with Gasteiger partial charge in [-0.1, -0.05) is 0 Å². The molecule has 0 spiro atoms. The second-order valence-electron chi connectivity index (χ2n) is 4.94. The Morgan fingerprint density at radius 3 is 2.86 bits per heavy atom. The third-order valence-corrected chi connectivity index (χ3v) is 3.78. The minimum Gasteiger partial charge on any atom is -0.465 e. The summed E-state index contributed by atoms with van der Waals surface area (Å²) in [4.78, 5) is 38.9. The summed E-state index contributed by atoms with van der Waals surface area (Å²) in [5.41, 5.74) is 0. The number of hydrogen-bond acceptors (Lipinski definition) is 6. The number of carbonyl (C=O) groups is 3. The number of likely N-dealkylation sites (N-methyl/N-ethyl adjacent to an activating group) is 1. The Morgan fingerprint density at radius 1 is 1.45 bits per heavy atom. The highest BCUT2D eigenvalue weighted by Crippen LogP contribution is 2.31. The normalized spacial score (nSPS) is 16.9. The topological polar surface area (TPSA) is 82.9 Å². The zero-order valence-electron chi connectivity index (χ0n) is 12.4. The Hall–Kier alpha value is -2.06. The van der Waals surface area contributed by atoms with Crippen molar-refractivity contribution in [1.82, 2.24) is 15.1 Å². The Bertz CT molecular complexity index is 595. The average Bonchev–Trinajstić information content (AvgIpc) is 3.03. The van der Waals surface area contributed by atoms with Crippen molar-refractivity contribution in [2.24, 2.45) is 0 Å². The summed E-state index contributed by atoms with van der Waals surface area (Å²) in [5, 5.41) is 2.22. The number of furan rings is 1. The molecule has 1 aromatic heterocycles. The number of thioether (sulfide) groups is 1.